The molecular weight excluding hydrogens is 264 g/mol. The highest BCUT2D eigenvalue weighted by Crippen LogP contribution is 2.41. The topological polar surface area (TPSA) is 55.4 Å². The normalized spacial score (nSPS) is 45.8. The fourth-order valence-corrected chi connectivity index (χ4v) is 3.06. The Morgan fingerprint density at radius 2 is 1.75 bits per heavy atom. The fourth-order valence-electron chi connectivity index (χ4n) is 3.06. The molecule has 0 radical (unpaired) electrons. The molecule has 0 aromatic heterocycles. The first-order chi connectivity index (χ1) is 9.31. The predicted molar refractivity (Wildman–Crippen MR) is 69.0 cm³/mol. The summed E-state index contributed by atoms with van der Waals surface area (Å²) in [6.07, 6.45) is -1.22. The number of hydrogen-bond acceptors (Lipinski definition) is 6. The van der Waals surface area contributed by atoms with Gasteiger partial charge in [0.2, 0.25) is 0 Å². The van der Waals surface area contributed by atoms with Gasteiger partial charge in [0.15, 0.2) is 17.9 Å². The van der Waals surface area contributed by atoms with Crippen molar-refractivity contribution in [1.29, 1.82) is 0 Å². The van der Waals surface area contributed by atoms with Crippen LogP contribution in [0.25, 0.3) is 0 Å². The number of hydrogen-bond donors (Lipinski definition) is 0. The third kappa shape index (κ3) is 2.61. The van der Waals surface area contributed by atoms with Crippen molar-refractivity contribution in [3.05, 3.63) is 0 Å². The zero-order chi connectivity index (χ0) is 14.5. The van der Waals surface area contributed by atoms with E-state index in [1.165, 1.54) is 0 Å². The summed E-state index contributed by atoms with van der Waals surface area (Å²) in [6.45, 7) is 10.6. The molecule has 6 nitrogen and oxygen atoms in total. The van der Waals surface area contributed by atoms with Gasteiger partial charge in [-0.15, -0.1) is 0 Å². The van der Waals surface area contributed by atoms with Crippen LogP contribution in [0.5, 0.6) is 0 Å². The van der Waals surface area contributed by atoms with E-state index in [4.69, 9.17) is 28.4 Å². The molecule has 3 aliphatic rings. The van der Waals surface area contributed by atoms with E-state index >= 15 is 0 Å². The van der Waals surface area contributed by atoms with Gasteiger partial charge in [-0.05, 0) is 34.6 Å². The summed E-state index contributed by atoms with van der Waals surface area (Å²) in [5.41, 5.74) is 0. The van der Waals surface area contributed by atoms with E-state index in [9.17, 15) is 0 Å². The van der Waals surface area contributed by atoms with Gasteiger partial charge in [0, 0.05) is 6.61 Å². The second kappa shape index (κ2) is 4.90. The standard InChI is InChI=1S/C14H24O6/c1-6-15-10-9(8-7-16-13(2,3)18-8)17-12-11(10)19-14(4,5)20-12/h8-12H,6-7H2,1-5H3/t8-,9?,10+,11?,12?/m1/s1. The molecule has 3 fully saturated rings. The molecule has 116 valence electrons. The van der Waals surface area contributed by atoms with Gasteiger partial charge in [0.25, 0.3) is 0 Å². The molecule has 5 atom stereocenters. The largest absolute Gasteiger partial charge is 0.373 e. The first kappa shape index (κ1) is 14.7. The molecule has 0 spiro atoms. The molecule has 3 aliphatic heterocycles. The maximum atomic E-state index is 5.99. The summed E-state index contributed by atoms with van der Waals surface area (Å²) >= 11 is 0. The van der Waals surface area contributed by atoms with E-state index in [2.05, 4.69) is 0 Å². The zero-order valence-corrected chi connectivity index (χ0v) is 12.8. The lowest BCUT2D eigenvalue weighted by molar-refractivity contribution is -0.235. The molecule has 3 saturated heterocycles. The molecule has 3 rings (SSSR count). The summed E-state index contributed by atoms with van der Waals surface area (Å²) in [4.78, 5) is 0. The quantitative estimate of drug-likeness (QED) is 0.783. The number of rotatable bonds is 3. The van der Waals surface area contributed by atoms with Gasteiger partial charge in [-0.3, -0.25) is 0 Å². The van der Waals surface area contributed by atoms with Crippen LogP contribution in [-0.2, 0) is 28.4 Å². The van der Waals surface area contributed by atoms with E-state index in [1.807, 2.05) is 34.6 Å². The Morgan fingerprint density at radius 1 is 1.00 bits per heavy atom. The maximum Gasteiger partial charge on any atom is 0.190 e. The Hall–Kier alpha value is -0.240. The van der Waals surface area contributed by atoms with Crippen LogP contribution < -0.4 is 0 Å². The molecule has 0 saturated carbocycles. The summed E-state index contributed by atoms with van der Waals surface area (Å²) < 4.78 is 35.0. The van der Waals surface area contributed by atoms with Crippen LogP contribution in [0.4, 0.5) is 0 Å². The van der Waals surface area contributed by atoms with Crippen LogP contribution in [0.3, 0.4) is 0 Å². The second-order valence-electron chi connectivity index (χ2n) is 6.36. The Morgan fingerprint density at radius 3 is 2.35 bits per heavy atom. The first-order valence-corrected chi connectivity index (χ1v) is 7.26. The highest BCUT2D eigenvalue weighted by Gasteiger charge is 2.58. The molecule has 0 aromatic carbocycles. The SMILES string of the molecule is CCO[C@@H]1C2OC(C)(C)OC2OC1[C@H]1COC(C)(C)O1. The minimum atomic E-state index is -0.637. The van der Waals surface area contributed by atoms with Crippen molar-refractivity contribution in [2.24, 2.45) is 0 Å². The lowest BCUT2D eigenvalue weighted by Gasteiger charge is -2.28. The Labute approximate surface area is 119 Å². The minimum Gasteiger partial charge on any atom is -0.373 e. The van der Waals surface area contributed by atoms with Crippen molar-refractivity contribution in [3.63, 3.8) is 0 Å². The Kier molecular flexibility index (Phi) is 3.60. The van der Waals surface area contributed by atoms with Crippen LogP contribution >= 0.6 is 0 Å². The minimum absolute atomic E-state index is 0.164. The third-order valence-electron chi connectivity index (χ3n) is 3.78. The monoisotopic (exact) mass is 288 g/mol. The molecule has 3 unspecified atom stereocenters. The maximum absolute atomic E-state index is 5.99. The van der Waals surface area contributed by atoms with Crippen molar-refractivity contribution in [1.82, 2.24) is 0 Å². The lowest BCUT2D eigenvalue weighted by Crippen LogP contribution is -2.44. The van der Waals surface area contributed by atoms with Crippen molar-refractivity contribution in [2.75, 3.05) is 13.2 Å². The van der Waals surface area contributed by atoms with Gasteiger partial charge < -0.3 is 28.4 Å². The molecule has 6 heteroatoms. The van der Waals surface area contributed by atoms with Gasteiger partial charge >= 0.3 is 0 Å². The van der Waals surface area contributed by atoms with E-state index in [0.29, 0.717) is 13.2 Å². The smallest absolute Gasteiger partial charge is 0.190 e. The summed E-state index contributed by atoms with van der Waals surface area (Å²) in [5.74, 6) is -1.22. The summed E-state index contributed by atoms with van der Waals surface area (Å²) in [7, 11) is 0. The van der Waals surface area contributed by atoms with Gasteiger partial charge in [-0.2, -0.15) is 0 Å². The van der Waals surface area contributed by atoms with Crippen LogP contribution in [0, 0.1) is 0 Å². The molecule has 0 bridgehead atoms. The van der Waals surface area contributed by atoms with Crippen molar-refractivity contribution < 1.29 is 28.4 Å². The zero-order valence-electron chi connectivity index (χ0n) is 12.8. The highest BCUT2D eigenvalue weighted by atomic mass is 16.8. The average molecular weight is 288 g/mol. The first-order valence-electron chi connectivity index (χ1n) is 7.26. The Balaban J connectivity index is 1.73. The predicted octanol–water partition coefficient (Wildman–Crippen LogP) is 1.42. The fraction of sp³-hybridized carbons (Fsp3) is 1.00. The average Bonchev–Trinajstić information content (AvgIpc) is 2.91. The third-order valence-corrected chi connectivity index (χ3v) is 3.78. The molecule has 0 N–H and O–H groups in total. The second-order valence-corrected chi connectivity index (χ2v) is 6.36. The molecule has 20 heavy (non-hydrogen) atoms. The van der Waals surface area contributed by atoms with Crippen LogP contribution in [0.15, 0.2) is 0 Å². The highest BCUT2D eigenvalue weighted by molar-refractivity contribution is 4.98. The van der Waals surface area contributed by atoms with E-state index < -0.39 is 17.9 Å². The van der Waals surface area contributed by atoms with E-state index in [0.717, 1.165) is 0 Å². The van der Waals surface area contributed by atoms with Crippen LogP contribution in [0.1, 0.15) is 34.6 Å². The molecule has 3 heterocycles. The van der Waals surface area contributed by atoms with Crippen molar-refractivity contribution in [3.8, 4) is 0 Å². The molecular formula is C14H24O6. The van der Waals surface area contributed by atoms with Crippen molar-refractivity contribution in [2.45, 2.75) is 76.9 Å². The van der Waals surface area contributed by atoms with Crippen LogP contribution in [-0.4, -0.2) is 55.5 Å². The molecule has 0 amide bonds. The number of fused-ring (bicyclic) bond motifs is 1. The summed E-state index contributed by atoms with van der Waals surface area (Å²) in [6, 6.07) is 0. The lowest BCUT2D eigenvalue weighted by atomic mass is 10.1. The number of ether oxygens (including phenoxy) is 6. The van der Waals surface area contributed by atoms with Gasteiger partial charge in [0.1, 0.15) is 24.4 Å². The van der Waals surface area contributed by atoms with Gasteiger partial charge in [0.05, 0.1) is 6.61 Å². The van der Waals surface area contributed by atoms with E-state index in [-0.39, 0.29) is 24.4 Å². The van der Waals surface area contributed by atoms with Crippen molar-refractivity contribution >= 4 is 0 Å². The molecule has 0 aliphatic carbocycles. The van der Waals surface area contributed by atoms with Gasteiger partial charge in [-0.25, -0.2) is 0 Å². The summed E-state index contributed by atoms with van der Waals surface area (Å²) in [5, 5.41) is 0. The van der Waals surface area contributed by atoms with Crippen LogP contribution in [0.2, 0.25) is 0 Å². The molecule has 0 aromatic rings. The van der Waals surface area contributed by atoms with E-state index in [1.54, 1.807) is 0 Å². The van der Waals surface area contributed by atoms with Gasteiger partial charge in [-0.1, -0.05) is 0 Å². The Bertz CT molecular complexity index is 369.